The first-order valence-corrected chi connectivity index (χ1v) is 8.31. The van der Waals surface area contributed by atoms with E-state index in [1.54, 1.807) is 7.11 Å². The maximum Gasteiger partial charge on any atom is 0.150 e. The van der Waals surface area contributed by atoms with Crippen molar-refractivity contribution in [3.8, 4) is 5.75 Å². The minimum Gasteiger partial charge on any atom is -0.496 e. The second-order valence-electron chi connectivity index (χ2n) is 5.16. The number of sulfone groups is 1. The molecule has 4 nitrogen and oxygen atoms in total. The fraction of sp³-hybridized carbons (Fsp3) is 0.571. The summed E-state index contributed by atoms with van der Waals surface area (Å²) in [6.07, 6.45) is 0.735. The molecule has 1 fully saturated rings. The zero-order valence-corrected chi connectivity index (χ0v) is 12.5. The summed E-state index contributed by atoms with van der Waals surface area (Å²) in [5.74, 6) is 1.61. The quantitative estimate of drug-likeness (QED) is 0.914. The molecule has 0 radical (unpaired) electrons. The van der Waals surface area contributed by atoms with E-state index >= 15 is 0 Å². The standard InChI is InChI=1S/C14H21NO3S/c1-10-8-11(4-5-13(10)18-3)14(15-2)12-6-7-19(16,17)9-12/h4-5,8,12,14-15H,6-7,9H2,1-3H3. The minimum absolute atomic E-state index is 0.0851. The van der Waals surface area contributed by atoms with Crippen molar-refractivity contribution in [1.82, 2.24) is 5.32 Å². The molecule has 1 aliphatic rings. The predicted octanol–water partition coefficient (Wildman–Crippen LogP) is 1.70. The summed E-state index contributed by atoms with van der Waals surface area (Å²) in [6, 6.07) is 6.11. The van der Waals surface area contributed by atoms with E-state index in [0.717, 1.165) is 23.3 Å². The molecule has 1 aliphatic heterocycles. The van der Waals surface area contributed by atoms with Crippen LogP contribution in [0, 0.1) is 12.8 Å². The molecule has 1 aromatic rings. The van der Waals surface area contributed by atoms with Gasteiger partial charge in [-0.3, -0.25) is 0 Å². The van der Waals surface area contributed by atoms with Crippen LogP contribution in [0.5, 0.6) is 5.75 Å². The normalized spacial score (nSPS) is 23.2. The summed E-state index contributed by atoms with van der Waals surface area (Å²) < 4.78 is 28.5. The zero-order chi connectivity index (χ0) is 14.0. The lowest BCUT2D eigenvalue weighted by Gasteiger charge is -2.23. The van der Waals surface area contributed by atoms with Crippen LogP contribution < -0.4 is 10.1 Å². The number of hydrogen-bond donors (Lipinski definition) is 1. The number of methoxy groups -OCH3 is 1. The third-order valence-corrected chi connectivity index (χ3v) is 5.62. The molecule has 0 amide bonds. The third-order valence-electron chi connectivity index (χ3n) is 3.83. The Bertz CT molecular complexity index is 554. The zero-order valence-electron chi connectivity index (χ0n) is 11.6. The Balaban J connectivity index is 2.25. The molecule has 2 rings (SSSR count). The van der Waals surface area contributed by atoms with Gasteiger partial charge in [-0.1, -0.05) is 12.1 Å². The van der Waals surface area contributed by atoms with Gasteiger partial charge in [0.2, 0.25) is 0 Å². The molecular formula is C14H21NO3S. The van der Waals surface area contributed by atoms with E-state index in [1.165, 1.54) is 0 Å². The van der Waals surface area contributed by atoms with Crippen LogP contribution in [0.15, 0.2) is 18.2 Å². The monoisotopic (exact) mass is 283 g/mol. The van der Waals surface area contributed by atoms with Gasteiger partial charge >= 0.3 is 0 Å². The van der Waals surface area contributed by atoms with Crippen LogP contribution in [0.4, 0.5) is 0 Å². The number of nitrogens with one attached hydrogen (secondary N) is 1. The van der Waals surface area contributed by atoms with Crippen molar-refractivity contribution in [2.45, 2.75) is 19.4 Å². The Kier molecular flexibility index (Phi) is 4.16. The van der Waals surface area contributed by atoms with Gasteiger partial charge in [0.15, 0.2) is 9.84 Å². The highest BCUT2D eigenvalue weighted by molar-refractivity contribution is 7.91. The Morgan fingerprint density at radius 1 is 1.42 bits per heavy atom. The molecule has 0 bridgehead atoms. The van der Waals surface area contributed by atoms with Crippen LogP contribution in [0.3, 0.4) is 0 Å². The maximum atomic E-state index is 11.6. The Hall–Kier alpha value is -1.07. The molecule has 1 saturated heterocycles. The number of hydrogen-bond acceptors (Lipinski definition) is 4. The SMILES string of the molecule is CNC(c1ccc(OC)c(C)c1)C1CCS(=O)(=O)C1. The van der Waals surface area contributed by atoms with Gasteiger partial charge in [0.25, 0.3) is 0 Å². The Morgan fingerprint density at radius 2 is 2.16 bits per heavy atom. The average Bonchev–Trinajstić information content (AvgIpc) is 2.71. The number of ether oxygens (including phenoxy) is 1. The highest BCUT2D eigenvalue weighted by atomic mass is 32.2. The molecule has 2 atom stereocenters. The van der Waals surface area contributed by atoms with Crippen molar-refractivity contribution in [3.05, 3.63) is 29.3 Å². The highest BCUT2D eigenvalue weighted by Crippen LogP contribution is 2.33. The van der Waals surface area contributed by atoms with Crippen LogP contribution in [0.1, 0.15) is 23.6 Å². The van der Waals surface area contributed by atoms with Gasteiger partial charge in [-0.25, -0.2) is 8.42 Å². The van der Waals surface area contributed by atoms with E-state index < -0.39 is 9.84 Å². The molecule has 0 aliphatic carbocycles. The van der Waals surface area contributed by atoms with Gasteiger partial charge in [-0.05, 0) is 43.5 Å². The van der Waals surface area contributed by atoms with Crippen LogP contribution in [0.2, 0.25) is 0 Å². The first-order valence-electron chi connectivity index (χ1n) is 6.49. The van der Waals surface area contributed by atoms with Crippen molar-refractivity contribution < 1.29 is 13.2 Å². The average molecular weight is 283 g/mol. The molecular weight excluding hydrogens is 262 g/mol. The third kappa shape index (κ3) is 3.09. The van der Waals surface area contributed by atoms with Gasteiger partial charge in [0, 0.05) is 6.04 Å². The molecule has 1 N–H and O–H groups in total. The maximum absolute atomic E-state index is 11.6. The molecule has 1 heterocycles. The Labute approximate surface area is 115 Å². The molecule has 5 heteroatoms. The van der Waals surface area contributed by atoms with E-state index in [4.69, 9.17) is 4.74 Å². The number of rotatable bonds is 4. The van der Waals surface area contributed by atoms with Gasteiger partial charge in [0.05, 0.1) is 18.6 Å². The summed E-state index contributed by atoms with van der Waals surface area (Å²) in [6.45, 7) is 2.00. The van der Waals surface area contributed by atoms with Crippen molar-refractivity contribution in [2.75, 3.05) is 25.7 Å². The van der Waals surface area contributed by atoms with Crippen molar-refractivity contribution in [2.24, 2.45) is 5.92 Å². The van der Waals surface area contributed by atoms with Crippen LogP contribution in [-0.4, -0.2) is 34.1 Å². The molecule has 2 unspecified atom stereocenters. The fourth-order valence-electron chi connectivity index (χ4n) is 2.86. The van der Waals surface area contributed by atoms with Crippen molar-refractivity contribution >= 4 is 9.84 Å². The predicted molar refractivity (Wildman–Crippen MR) is 76.3 cm³/mol. The van der Waals surface area contributed by atoms with E-state index in [9.17, 15) is 8.42 Å². The van der Waals surface area contributed by atoms with Crippen LogP contribution in [0.25, 0.3) is 0 Å². The highest BCUT2D eigenvalue weighted by Gasteiger charge is 2.33. The molecule has 0 spiro atoms. The summed E-state index contributed by atoms with van der Waals surface area (Å²) in [5.41, 5.74) is 2.20. The minimum atomic E-state index is -2.85. The second kappa shape index (κ2) is 5.51. The van der Waals surface area contributed by atoms with Crippen molar-refractivity contribution in [3.63, 3.8) is 0 Å². The topological polar surface area (TPSA) is 55.4 Å². The largest absolute Gasteiger partial charge is 0.496 e. The number of benzene rings is 1. The van der Waals surface area contributed by atoms with E-state index in [0.29, 0.717) is 5.75 Å². The molecule has 0 saturated carbocycles. The lowest BCUT2D eigenvalue weighted by Crippen LogP contribution is -2.26. The van der Waals surface area contributed by atoms with Crippen LogP contribution >= 0.6 is 0 Å². The second-order valence-corrected chi connectivity index (χ2v) is 7.39. The first-order chi connectivity index (χ1) is 8.96. The fourth-order valence-corrected chi connectivity index (χ4v) is 4.70. The van der Waals surface area contributed by atoms with E-state index in [-0.39, 0.29) is 17.7 Å². The smallest absolute Gasteiger partial charge is 0.150 e. The summed E-state index contributed by atoms with van der Waals surface area (Å²) in [4.78, 5) is 0. The van der Waals surface area contributed by atoms with E-state index in [2.05, 4.69) is 11.4 Å². The van der Waals surface area contributed by atoms with Crippen molar-refractivity contribution in [1.29, 1.82) is 0 Å². The summed E-state index contributed by atoms with van der Waals surface area (Å²) in [7, 11) is 0.692. The summed E-state index contributed by atoms with van der Waals surface area (Å²) >= 11 is 0. The van der Waals surface area contributed by atoms with Gasteiger partial charge in [-0.15, -0.1) is 0 Å². The van der Waals surface area contributed by atoms with E-state index in [1.807, 2.05) is 26.1 Å². The number of aryl methyl sites for hydroxylation is 1. The molecule has 19 heavy (non-hydrogen) atoms. The van der Waals surface area contributed by atoms with Gasteiger partial charge < -0.3 is 10.1 Å². The lowest BCUT2D eigenvalue weighted by atomic mass is 9.91. The lowest BCUT2D eigenvalue weighted by molar-refractivity contribution is 0.405. The Morgan fingerprint density at radius 3 is 2.63 bits per heavy atom. The van der Waals surface area contributed by atoms with Crippen LogP contribution in [-0.2, 0) is 9.84 Å². The molecule has 1 aromatic carbocycles. The summed E-state index contributed by atoms with van der Waals surface area (Å²) in [5, 5.41) is 3.26. The van der Waals surface area contributed by atoms with Gasteiger partial charge in [0.1, 0.15) is 5.75 Å². The molecule has 106 valence electrons. The molecule has 0 aromatic heterocycles. The first kappa shape index (κ1) is 14.3. The van der Waals surface area contributed by atoms with Gasteiger partial charge in [-0.2, -0.15) is 0 Å².